The van der Waals surface area contributed by atoms with Crippen molar-refractivity contribution in [2.45, 2.75) is 19.1 Å². The van der Waals surface area contributed by atoms with Crippen molar-refractivity contribution in [3.8, 4) is 0 Å². The highest BCUT2D eigenvalue weighted by atomic mass is 35.5. The van der Waals surface area contributed by atoms with Gasteiger partial charge in [0.15, 0.2) is 5.65 Å². The van der Waals surface area contributed by atoms with Gasteiger partial charge in [0.25, 0.3) is 11.8 Å². The second-order valence-electron chi connectivity index (χ2n) is 6.76. The van der Waals surface area contributed by atoms with E-state index in [2.05, 4.69) is 35.8 Å². The lowest BCUT2D eigenvalue weighted by atomic mass is 10.2. The maximum absolute atomic E-state index is 12.8. The van der Waals surface area contributed by atoms with Gasteiger partial charge in [-0.25, -0.2) is 15.0 Å². The Labute approximate surface area is 192 Å². The predicted octanol–water partition coefficient (Wildman–Crippen LogP) is 4.22. The fraction of sp³-hybridized carbons (Fsp3) is 0.158. The van der Waals surface area contributed by atoms with Crippen molar-refractivity contribution in [2.75, 3.05) is 5.32 Å². The van der Waals surface area contributed by atoms with Crippen LogP contribution in [0.1, 0.15) is 43.7 Å². The first-order chi connectivity index (χ1) is 15.6. The standard InChI is InChI=1S/C19H13ClF3N7O2S/c1-8(28-17(32)14-10-5-27-30-15(10)26-7-25-14)18-24-6-13(33-18)16(31)29-9-2-3-11(12(20)4-9)19(21,22)23/h2-8H,1H3,(H,28,32)(H,29,31)(H,25,26,27,30). The summed E-state index contributed by atoms with van der Waals surface area (Å²) in [5, 5.41) is 12.1. The topological polar surface area (TPSA) is 126 Å². The average Bonchev–Trinajstić information content (AvgIpc) is 3.42. The SMILES string of the molecule is CC(NC(=O)c1ncnc2[nH]ncc12)c1ncc(C(=O)Nc2ccc(C(F)(F)F)c(Cl)c2)s1. The third-order valence-corrected chi connectivity index (χ3v) is 5.95. The van der Waals surface area contributed by atoms with Crippen LogP contribution in [0.2, 0.25) is 5.02 Å². The zero-order valence-corrected chi connectivity index (χ0v) is 18.1. The molecule has 0 bridgehead atoms. The van der Waals surface area contributed by atoms with Gasteiger partial charge in [-0.1, -0.05) is 11.6 Å². The molecule has 14 heteroatoms. The first kappa shape index (κ1) is 22.6. The summed E-state index contributed by atoms with van der Waals surface area (Å²) in [6.07, 6.45) is -0.613. The monoisotopic (exact) mass is 495 g/mol. The van der Waals surface area contributed by atoms with E-state index in [4.69, 9.17) is 11.6 Å². The molecule has 0 radical (unpaired) electrons. The van der Waals surface area contributed by atoms with E-state index in [1.165, 1.54) is 18.7 Å². The van der Waals surface area contributed by atoms with Gasteiger partial charge < -0.3 is 10.6 Å². The van der Waals surface area contributed by atoms with Gasteiger partial charge in [0, 0.05) is 5.69 Å². The van der Waals surface area contributed by atoms with Gasteiger partial charge in [0.2, 0.25) is 0 Å². The van der Waals surface area contributed by atoms with E-state index in [0.29, 0.717) is 16.0 Å². The molecule has 1 unspecified atom stereocenters. The molecule has 0 saturated carbocycles. The van der Waals surface area contributed by atoms with E-state index >= 15 is 0 Å². The summed E-state index contributed by atoms with van der Waals surface area (Å²) in [6.45, 7) is 1.68. The van der Waals surface area contributed by atoms with E-state index < -0.39 is 34.6 Å². The molecular weight excluding hydrogens is 483 g/mol. The molecule has 0 spiro atoms. The summed E-state index contributed by atoms with van der Waals surface area (Å²) in [6, 6.07) is 2.36. The molecule has 0 aliphatic rings. The molecule has 3 aromatic heterocycles. The first-order valence-corrected chi connectivity index (χ1v) is 10.4. The summed E-state index contributed by atoms with van der Waals surface area (Å²) in [5.41, 5.74) is -0.348. The Hall–Kier alpha value is -3.58. The van der Waals surface area contributed by atoms with Crippen molar-refractivity contribution in [2.24, 2.45) is 0 Å². The molecule has 3 heterocycles. The normalized spacial score (nSPS) is 12.5. The number of thiazole rings is 1. The van der Waals surface area contributed by atoms with Crippen LogP contribution in [0.15, 0.2) is 36.9 Å². The Bertz CT molecular complexity index is 1350. The lowest BCUT2D eigenvalue weighted by molar-refractivity contribution is -0.137. The fourth-order valence-electron chi connectivity index (χ4n) is 2.88. The molecular formula is C19H13ClF3N7O2S. The number of anilines is 1. The van der Waals surface area contributed by atoms with Crippen LogP contribution in [-0.4, -0.2) is 37.0 Å². The fourth-order valence-corrected chi connectivity index (χ4v) is 3.98. The number of fused-ring (bicyclic) bond motifs is 1. The van der Waals surface area contributed by atoms with Crippen LogP contribution in [-0.2, 0) is 6.18 Å². The number of amides is 2. The molecule has 1 atom stereocenters. The molecule has 9 nitrogen and oxygen atoms in total. The number of aromatic amines is 1. The van der Waals surface area contributed by atoms with Gasteiger partial charge in [-0.3, -0.25) is 14.7 Å². The number of alkyl halides is 3. The largest absolute Gasteiger partial charge is 0.417 e. The molecule has 4 rings (SSSR count). The molecule has 0 fully saturated rings. The molecule has 0 aliphatic carbocycles. The smallest absolute Gasteiger partial charge is 0.342 e. The third-order valence-electron chi connectivity index (χ3n) is 4.46. The summed E-state index contributed by atoms with van der Waals surface area (Å²) < 4.78 is 38.5. The van der Waals surface area contributed by atoms with E-state index in [0.717, 1.165) is 29.5 Å². The summed E-state index contributed by atoms with van der Waals surface area (Å²) in [5.74, 6) is -1.05. The number of hydrogen-bond acceptors (Lipinski definition) is 7. The first-order valence-electron chi connectivity index (χ1n) is 9.22. The highest BCUT2D eigenvalue weighted by Gasteiger charge is 2.33. The van der Waals surface area contributed by atoms with E-state index in [-0.39, 0.29) is 16.3 Å². The Morgan fingerprint density at radius 2 is 1.94 bits per heavy atom. The van der Waals surface area contributed by atoms with Crippen molar-refractivity contribution in [1.29, 1.82) is 0 Å². The Morgan fingerprint density at radius 3 is 2.67 bits per heavy atom. The summed E-state index contributed by atoms with van der Waals surface area (Å²) >= 11 is 6.70. The number of H-pyrrole nitrogens is 1. The Kier molecular flexibility index (Phi) is 5.99. The molecule has 1 aromatic carbocycles. The lowest BCUT2D eigenvalue weighted by Crippen LogP contribution is -2.27. The lowest BCUT2D eigenvalue weighted by Gasteiger charge is -2.11. The molecule has 33 heavy (non-hydrogen) atoms. The van der Waals surface area contributed by atoms with Crippen molar-refractivity contribution in [3.63, 3.8) is 0 Å². The van der Waals surface area contributed by atoms with Crippen molar-refractivity contribution in [1.82, 2.24) is 30.5 Å². The number of nitrogens with zero attached hydrogens (tertiary/aromatic N) is 4. The van der Waals surface area contributed by atoms with E-state index in [1.807, 2.05) is 0 Å². The summed E-state index contributed by atoms with van der Waals surface area (Å²) in [4.78, 5) is 37.4. The van der Waals surface area contributed by atoms with Crippen molar-refractivity contribution >= 4 is 51.5 Å². The van der Waals surface area contributed by atoms with Gasteiger partial charge in [-0.05, 0) is 25.1 Å². The molecule has 170 valence electrons. The van der Waals surface area contributed by atoms with Gasteiger partial charge in [0.1, 0.15) is 21.9 Å². The summed E-state index contributed by atoms with van der Waals surface area (Å²) in [7, 11) is 0. The number of hydrogen-bond donors (Lipinski definition) is 3. The number of aromatic nitrogens is 5. The van der Waals surface area contributed by atoms with E-state index in [1.54, 1.807) is 6.92 Å². The quantitative estimate of drug-likeness (QED) is 0.380. The van der Waals surface area contributed by atoms with Crippen molar-refractivity contribution in [3.05, 3.63) is 63.1 Å². The Balaban J connectivity index is 1.44. The van der Waals surface area contributed by atoms with Crippen LogP contribution >= 0.6 is 22.9 Å². The minimum atomic E-state index is -4.60. The van der Waals surface area contributed by atoms with Crippen molar-refractivity contribution < 1.29 is 22.8 Å². The Morgan fingerprint density at radius 1 is 1.15 bits per heavy atom. The van der Waals surface area contributed by atoms with Gasteiger partial charge in [-0.15, -0.1) is 11.3 Å². The number of carbonyl (C=O) groups is 2. The zero-order chi connectivity index (χ0) is 23.8. The number of nitrogens with one attached hydrogen (secondary N) is 3. The number of halogens is 4. The molecule has 4 aromatic rings. The van der Waals surface area contributed by atoms with Gasteiger partial charge >= 0.3 is 6.18 Å². The second-order valence-corrected chi connectivity index (χ2v) is 8.23. The van der Waals surface area contributed by atoms with Gasteiger partial charge in [0.05, 0.1) is 34.4 Å². The predicted molar refractivity (Wildman–Crippen MR) is 114 cm³/mol. The highest BCUT2D eigenvalue weighted by Crippen LogP contribution is 2.36. The maximum Gasteiger partial charge on any atom is 0.417 e. The van der Waals surface area contributed by atoms with Crippen LogP contribution in [0.3, 0.4) is 0 Å². The highest BCUT2D eigenvalue weighted by molar-refractivity contribution is 7.13. The molecule has 0 saturated heterocycles. The molecule has 0 aliphatic heterocycles. The van der Waals surface area contributed by atoms with Crippen LogP contribution in [0, 0.1) is 0 Å². The average molecular weight is 496 g/mol. The number of rotatable bonds is 5. The van der Waals surface area contributed by atoms with E-state index in [9.17, 15) is 22.8 Å². The minimum absolute atomic E-state index is 0.0993. The van der Waals surface area contributed by atoms with Crippen LogP contribution in [0.5, 0.6) is 0 Å². The molecule has 3 N–H and O–H groups in total. The maximum atomic E-state index is 12.8. The zero-order valence-electron chi connectivity index (χ0n) is 16.6. The van der Waals surface area contributed by atoms with Crippen LogP contribution < -0.4 is 10.6 Å². The second kappa shape index (κ2) is 8.75. The van der Waals surface area contributed by atoms with Gasteiger partial charge in [-0.2, -0.15) is 18.3 Å². The van der Waals surface area contributed by atoms with Crippen LogP contribution in [0.25, 0.3) is 11.0 Å². The third kappa shape index (κ3) is 4.78. The molecule has 2 amide bonds. The minimum Gasteiger partial charge on any atom is -0.342 e. The number of carbonyl (C=O) groups excluding carboxylic acids is 2. The number of benzene rings is 1. The van der Waals surface area contributed by atoms with Crippen LogP contribution in [0.4, 0.5) is 18.9 Å².